The van der Waals surface area contributed by atoms with Gasteiger partial charge in [-0.05, 0) is 42.0 Å². The normalized spacial score (nSPS) is 10.3. The summed E-state index contributed by atoms with van der Waals surface area (Å²) in [5, 5.41) is 0. The summed E-state index contributed by atoms with van der Waals surface area (Å²) in [5.41, 5.74) is 8.17. The summed E-state index contributed by atoms with van der Waals surface area (Å²) in [6.07, 6.45) is 1.42. The van der Waals surface area contributed by atoms with Gasteiger partial charge in [-0.1, -0.05) is 24.3 Å². The summed E-state index contributed by atoms with van der Waals surface area (Å²) in [5.74, 6) is 0.377. The number of esters is 1. The van der Waals surface area contributed by atoms with Crippen LogP contribution in [-0.2, 0) is 6.54 Å². The minimum atomic E-state index is -0.570. The van der Waals surface area contributed by atoms with Gasteiger partial charge in [0.05, 0.1) is 13.4 Å². The van der Waals surface area contributed by atoms with Crippen LogP contribution in [0.25, 0.3) is 0 Å². The Morgan fingerprint density at radius 3 is 2.60 bits per heavy atom. The molecule has 1 aromatic heterocycles. The van der Waals surface area contributed by atoms with E-state index in [1.165, 1.54) is 13.4 Å². The van der Waals surface area contributed by atoms with Crippen molar-refractivity contribution in [1.29, 1.82) is 0 Å². The van der Waals surface area contributed by atoms with Gasteiger partial charge in [0.2, 0.25) is 5.76 Å². The SMILES string of the molecule is COc1cc(CNNc2ccccc2)ccc1OC(=O)c1ccco1. The highest BCUT2D eigenvalue weighted by molar-refractivity contribution is 5.88. The van der Waals surface area contributed by atoms with E-state index in [1.807, 2.05) is 42.5 Å². The third-order valence-electron chi connectivity index (χ3n) is 3.45. The van der Waals surface area contributed by atoms with Crippen molar-refractivity contribution in [2.24, 2.45) is 0 Å². The molecule has 128 valence electrons. The molecule has 0 saturated heterocycles. The number of hydrogen-bond acceptors (Lipinski definition) is 6. The lowest BCUT2D eigenvalue weighted by atomic mass is 10.2. The van der Waals surface area contributed by atoms with Crippen molar-refractivity contribution in [3.8, 4) is 11.5 Å². The minimum absolute atomic E-state index is 0.139. The summed E-state index contributed by atoms with van der Waals surface area (Å²) in [6.45, 7) is 0.567. The zero-order valence-corrected chi connectivity index (χ0v) is 13.7. The van der Waals surface area contributed by atoms with Gasteiger partial charge in [0.15, 0.2) is 11.5 Å². The molecule has 0 spiro atoms. The molecule has 0 fully saturated rings. The van der Waals surface area contributed by atoms with Gasteiger partial charge in [-0.15, -0.1) is 0 Å². The highest BCUT2D eigenvalue weighted by atomic mass is 16.6. The number of nitrogens with one attached hydrogen (secondary N) is 2. The first-order chi connectivity index (χ1) is 12.3. The molecule has 6 heteroatoms. The monoisotopic (exact) mass is 338 g/mol. The molecule has 0 amide bonds. The molecular weight excluding hydrogens is 320 g/mol. The number of methoxy groups -OCH3 is 1. The Morgan fingerprint density at radius 2 is 1.88 bits per heavy atom. The Labute approximate surface area is 145 Å². The lowest BCUT2D eigenvalue weighted by Gasteiger charge is -2.12. The molecule has 0 saturated carbocycles. The predicted octanol–water partition coefficient (Wildman–Crippen LogP) is 3.62. The Kier molecular flexibility index (Phi) is 5.33. The average Bonchev–Trinajstić information content (AvgIpc) is 3.18. The van der Waals surface area contributed by atoms with E-state index in [-0.39, 0.29) is 5.76 Å². The zero-order valence-electron chi connectivity index (χ0n) is 13.7. The first-order valence-corrected chi connectivity index (χ1v) is 7.73. The molecule has 0 radical (unpaired) electrons. The molecule has 0 aliphatic heterocycles. The van der Waals surface area contributed by atoms with Crippen molar-refractivity contribution in [2.75, 3.05) is 12.5 Å². The first kappa shape index (κ1) is 16.6. The maximum atomic E-state index is 12.0. The maximum Gasteiger partial charge on any atom is 0.379 e. The predicted molar refractivity (Wildman–Crippen MR) is 93.6 cm³/mol. The van der Waals surface area contributed by atoms with E-state index in [2.05, 4.69) is 10.9 Å². The van der Waals surface area contributed by atoms with Crippen molar-refractivity contribution in [3.05, 3.63) is 78.3 Å². The van der Waals surface area contributed by atoms with Gasteiger partial charge in [0, 0.05) is 12.2 Å². The molecule has 25 heavy (non-hydrogen) atoms. The van der Waals surface area contributed by atoms with Crippen LogP contribution in [0.2, 0.25) is 0 Å². The van der Waals surface area contributed by atoms with Crippen molar-refractivity contribution >= 4 is 11.7 Å². The van der Waals surface area contributed by atoms with Crippen LogP contribution in [0.3, 0.4) is 0 Å². The molecule has 2 aromatic carbocycles. The summed E-state index contributed by atoms with van der Waals surface area (Å²) < 4.78 is 15.7. The number of furan rings is 1. The van der Waals surface area contributed by atoms with E-state index in [9.17, 15) is 4.79 Å². The molecule has 0 unspecified atom stereocenters. The van der Waals surface area contributed by atoms with Crippen LogP contribution in [0, 0.1) is 0 Å². The maximum absolute atomic E-state index is 12.0. The van der Waals surface area contributed by atoms with E-state index in [0.717, 1.165) is 11.3 Å². The molecule has 0 aliphatic carbocycles. The highest BCUT2D eigenvalue weighted by Gasteiger charge is 2.15. The van der Waals surface area contributed by atoms with E-state index in [4.69, 9.17) is 13.9 Å². The zero-order chi connectivity index (χ0) is 17.5. The van der Waals surface area contributed by atoms with E-state index >= 15 is 0 Å². The van der Waals surface area contributed by atoms with Crippen molar-refractivity contribution < 1.29 is 18.7 Å². The molecule has 6 nitrogen and oxygen atoms in total. The molecule has 0 aliphatic rings. The van der Waals surface area contributed by atoms with Crippen LogP contribution in [0.4, 0.5) is 5.69 Å². The third kappa shape index (κ3) is 4.39. The molecular formula is C19H18N2O4. The van der Waals surface area contributed by atoms with Crippen molar-refractivity contribution in [2.45, 2.75) is 6.54 Å². The number of hydrazine groups is 1. The number of ether oxygens (including phenoxy) is 2. The summed E-state index contributed by atoms with van der Waals surface area (Å²) in [7, 11) is 1.53. The van der Waals surface area contributed by atoms with Gasteiger partial charge in [0.25, 0.3) is 0 Å². The van der Waals surface area contributed by atoms with Gasteiger partial charge in [0.1, 0.15) is 0 Å². The Morgan fingerprint density at radius 1 is 1.04 bits per heavy atom. The van der Waals surface area contributed by atoms with E-state index < -0.39 is 5.97 Å². The molecule has 3 aromatic rings. The number of carbonyl (C=O) groups excluding carboxylic acids is 1. The Bertz CT molecular complexity index is 817. The molecule has 0 atom stereocenters. The molecule has 2 N–H and O–H groups in total. The van der Waals surface area contributed by atoms with Gasteiger partial charge in [-0.2, -0.15) is 0 Å². The topological polar surface area (TPSA) is 72.7 Å². The van der Waals surface area contributed by atoms with Gasteiger partial charge in [-0.25, -0.2) is 10.2 Å². The second-order valence-electron chi connectivity index (χ2n) is 5.20. The van der Waals surface area contributed by atoms with E-state index in [0.29, 0.717) is 18.0 Å². The van der Waals surface area contributed by atoms with Crippen LogP contribution in [-0.4, -0.2) is 13.1 Å². The number of benzene rings is 2. The van der Waals surface area contributed by atoms with Gasteiger partial charge in [-0.3, -0.25) is 0 Å². The number of anilines is 1. The third-order valence-corrected chi connectivity index (χ3v) is 3.45. The Balaban J connectivity index is 1.62. The number of hydrogen-bond donors (Lipinski definition) is 2. The number of para-hydroxylation sites is 1. The van der Waals surface area contributed by atoms with E-state index in [1.54, 1.807) is 18.2 Å². The Hall–Kier alpha value is -3.25. The van der Waals surface area contributed by atoms with Gasteiger partial charge >= 0.3 is 5.97 Å². The lowest BCUT2D eigenvalue weighted by molar-refractivity contribution is 0.0696. The van der Waals surface area contributed by atoms with Crippen molar-refractivity contribution in [1.82, 2.24) is 5.43 Å². The fraction of sp³-hybridized carbons (Fsp3) is 0.105. The fourth-order valence-corrected chi connectivity index (χ4v) is 2.22. The average molecular weight is 338 g/mol. The van der Waals surface area contributed by atoms with Crippen LogP contribution < -0.4 is 20.3 Å². The second kappa shape index (κ2) is 8.03. The lowest BCUT2D eigenvalue weighted by Crippen LogP contribution is -2.20. The summed E-state index contributed by atoms with van der Waals surface area (Å²) in [6, 6.07) is 18.3. The summed E-state index contributed by atoms with van der Waals surface area (Å²) in [4.78, 5) is 12.0. The standard InChI is InChI=1S/C19H18N2O4/c1-23-18-12-14(13-20-21-15-6-3-2-4-7-15)9-10-16(18)25-19(22)17-8-5-11-24-17/h2-12,20-21H,13H2,1H3. The quantitative estimate of drug-likeness (QED) is 0.389. The molecule has 1 heterocycles. The highest BCUT2D eigenvalue weighted by Crippen LogP contribution is 2.29. The van der Waals surface area contributed by atoms with Crippen LogP contribution in [0.1, 0.15) is 16.1 Å². The molecule has 3 rings (SSSR count). The number of rotatable bonds is 7. The second-order valence-corrected chi connectivity index (χ2v) is 5.20. The number of carbonyl (C=O) groups is 1. The van der Waals surface area contributed by atoms with Crippen LogP contribution >= 0.6 is 0 Å². The van der Waals surface area contributed by atoms with Crippen LogP contribution in [0.5, 0.6) is 11.5 Å². The minimum Gasteiger partial charge on any atom is -0.493 e. The largest absolute Gasteiger partial charge is 0.493 e. The van der Waals surface area contributed by atoms with Gasteiger partial charge < -0.3 is 19.3 Å². The molecule has 0 bridgehead atoms. The van der Waals surface area contributed by atoms with Crippen LogP contribution in [0.15, 0.2) is 71.3 Å². The smallest absolute Gasteiger partial charge is 0.379 e. The first-order valence-electron chi connectivity index (χ1n) is 7.73. The fourth-order valence-electron chi connectivity index (χ4n) is 2.22. The van der Waals surface area contributed by atoms with Crippen molar-refractivity contribution in [3.63, 3.8) is 0 Å². The summed E-state index contributed by atoms with van der Waals surface area (Å²) >= 11 is 0.